The summed E-state index contributed by atoms with van der Waals surface area (Å²) in [7, 11) is 0. The number of carbonyl (C=O) groups is 1. The van der Waals surface area contributed by atoms with Crippen LogP contribution in [0.25, 0.3) is 0 Å². The minimum atomic E-state index is -0.0854. The van der Waals surface area contributed by atoms with Crippen LogP contribution in [0.3, 0.4) is 0 Å². The van der Waals surface area contributed by atoms with Crippen LogP contribution in [-0.2, 0) is 16.0 Å². The summed E-state index contributed by atoms with van der Waals surface area (Å²) in [6, 6.07) is 0. The Hall–Kier alpha value is -1.36. The van der Waals surface area contributed by atoms with Crippen molar-refractivity contribution in [2.45, 2.75) is 46.1 Å². The van der Waals surface area contributed by atoms with Gasteiger partial charge in [-0.2, -0.15) is 0 Å². The molecule has 1 N–H and O–H groups in total. The van der Waals surface area contributed by atoms with Crippen LogP contribution in [0.15, 0.2) is 4.52 Å². The Morgan fingerprint density at radius 1 is 1.56 bits per heavy atom. The lowest BCUT2D eigenvalue weighted by molar-refractivity contribution is -0.127. The Labute approximate surface area is 107 Å². The van der Waals surface area contributed by atoms with Gasteiger partial charge in [0.25, 0.3) is 0 Å². The molecule has 2 atom stereocenters. The van der Waals surface area contributed by atoms with Crippen molar-refractivity contribution in [3.05, 3.63) is 11.5 Å². The molecule has 5 heteroatoms. The van der Waals surface area contributed by atoms with Crippen molar-refractivity contribution >= 4 is 11.6 Å². The number of aromatic nitrogens is 1. The molecule has 0 unspecified atom stereocenters. The first-order chi connectivity index (χ1) is 8.63. The third-order valence-electron chi connectivity index (χ3n) is 3.45. The molecule has 1 aromatic heterocycles. The molecule has 0 aromatic carbocycles. The molecule has 1 aromatic rings. The Kier molecular flexibility index (Phi) is 4.01. The number of amides is 1. The Morgan fingerprint density at radius 2 is 2.33 bits per heavy atom. The van der Waals surface area contributed by atoms with Gasteiger partial charge in [0, 0.05) is 13.0 Å². The van der Waals surface area contributed by atoms with Gasteiger partial charge in [-0.25, -0.2) is 0 Å². The lowest BCUT2D eigenvalue weighted by Crippen LogP contribution is -2.36. The normalized spacial score (nSPS) is 23.9. The molecule has 1 saturated heterocycles. The molecule has 100 valence electrons. The maximum atomic E-state index is 12.2. The van der Waals surface area contributed by atoms with Crippen LogP contribution in [0, 0.1) is 12.8 Å². The number of carbonyl (C=O) groups excluding carboxylic acids is 1. The standard InChI is InChI=1S/C13H20N2O3/c1-4-11-12(8(2)15-18-11)14-13(16)10-6-5-7-17-9(10)3/h9-10H,4-7H2,1-3H3,(H,14,16)/t9-,10+/m0/s1. The van der Waals surface area contributed by atoms with E-state index in [1.165, 1.54) is 0 Å². The van der Waals surface area contributed by atoms with E-state index in [-0.39, 0.29) is 17.9 Å². The minimum absolute atomic E-state index is 0.00296. The predicted molar refractivity (Wildman–Crippen MR) is 67.4 cm³/mol. The zero-order valence-corrected chi connectivity index (χ0v) is 11.2. The van der Waals surface area contributed by atoms with Crippen molar-refractivity contribution in [3.8, 4) is 0 Å². The second-order valence-electron chi connectivity index (χ2n) is 4.73. The van der Waals surface area contributed by atoms with Crippen LogP contribution in [0.2, 0.25) is 0 Å². The fourth-order valence-electron chi connectivity index (χ4n) is 2.30. The average molecular weight is 252 g/mol. The quantitative estimate of drug-likeness (QED) is 0.896. The summed E-state index contributed by atoms with van der Waals surface area (Å²) in [4.78, 5) is 12.2. The van der Waals surface area contributed by atoms with Gasteiger partial charge in [-0.1, -0.05) is 12.1 Å². The molecular weight excluding hydrogens is 232 g/mol. The SMILES string of the molecule is CCc1onc(C)c1NC(=O)[C@@H]1CCCO[C@H]1C. The maximum Gasteiger partial charge on any atom is 0.230 e. The highest BCUT2D eigenvalue weighted by molar-refractivity contribution is 5.93. The lowest BCUT2D eigenvalue weighted by Gasteiger charge is -2.27. The molecule has 1 fully saturated rings. The Bertz CT molecular complexity index is 428. The molecule has 5 nitrogen and oxygen atoms in total. The zero-order valence-electron chi connectivity index (χ0n) is 11.2. The fraction of sp³-hybridized carbons (Fsp3) is 0.692. The summed E-state index contributed by atoms with van der Waals surface area (Å²) in [5, 5.41) is 6.82. The molecule has 18 heavy (non-hydrogen) atoms. The summed E-state index contributed by atoms with van der Waals surface area (Å²) >= 11 is 0. The van der Waals surface area contributed by atoms with Gasteiger partial charge in [-0.05, 0) is 26.7 Å². The van der Waals surface area contributed by atoms with Gasteiger partial charge in [0.1, 0.15) is 11.4 Å². The van der Waals surface area contributed by atoms with Crippen LogP contribution < -0.4 is 5.32 Å². The van der Waals surface area contributed by atoms with Crippen LogP contribution in [0.5, 0.6) is 0 Å². The van der Waals surface area contributed by atoms with Crippen LogP contribution in [0.4, 0.5) is 5.69 Å². The smallest absolute Gasteiger partial charge is 0.230 e. The van der Waals surface area contributed by atoms with Crippen molar-refractivity contribution in [1.82, 2.24) is 5.16 Å². The topological polar surface area (TPSA) is 64.4 Å². The number of nitrogens with one attached hydrogen (secondary N) is 1. The first-order valence-corrected chi connectivity index (χ1v) is 6.51. The van der Waals surface area contributed by atoms with Crippen molar-refractivity contribution in [1.29, 1.82) is 0 Å². The van der Waals surface area contributed by atoms with E-state index in [1.54, 1.807) is 0 Å². The monoisotopic (exact) mass is 252 g/mol. The second kappa shape index (κ2) is 5.52. The fourth-order valence-corrected chi connectivity index (χ4v) is 2.30. The summed E-state index contributed by atoms with van der Waals surface area (Å²) in [5.74, 6) is 0.645. The van der Waals surface area contributed by atoms with E-state index in [9.17, 15) is 4.79 Å². The minimum Gasteiger partial charge on any atom is -0.378 e. The molecule has 2 rings (SSSR count). The average Bonchev–Trinajstić information content (AvgIpc) is 2.71. The van der Waals surface area contributed by atoms with Gasteiger partial charge >= 0.3 is 0 Å². The van der Waals surface area contributed by atoms with Crippen LogP contribution >= 0.6 is 0 Å². The first kappa shape index (κ1) is 13.1. The highest BCUT2D eigenvalue weighted by atomic mass is 16.5. The van der Waals surface area contributed by atoms with Gasteiger partial charge < -0.3 is 14.6 Å². The molecule has 1 amide bonds. The highest BCUT2D eigenvalue weighted by Crippen LogP contribution is 2.25. The van der Waals surface area contributed by atoms with Gasteiger partial charge in [-0.3, -0.25) is 4.79 Å². The van der Waals surface area contributed by atoms with Crippen molar-refractivity contribution in [2.75, 3.05) is 11.9 Å². The number of anilines is 1. The predicted octanol–water partition coefficient (Wildman–Crippen LogP) is 2.30. The number of rotatable bonds is 3. The Balaban J connectivity index is 2.08. The van der Waals surface area contributed by atoms with E-state index >= 15 is 0 Å². The molecule has 0 saturated carbocycles. The summed E-state index contributed by atoms with van der Waals surface area (Å²) in [6.45, 7) is 6.50. The van der Waals surface area contributed by atoms with E-state index < -0.39 is 0 Å². The van der Waals surface area contributed by atoms with Crippen molar-refractivity contribution in [3.63, 3.8) is 0 Å². The molecule has 1 aliphatic heterocycles. The van der Waals surface area contributed by atoms with E-state index in [0.717, 1.165) is 36.6 Å². The van der Waals surface area contributed by atoms with E-state index in [2.05, 4.69) is 10.5 Å². The van der Waals surface area contributed by atoms with Crippen molar-refractivity contribution in [2.24, 2.45) is 5.92 Å². The molecule has 0 radical (unpaired) electrons. The molecule has 2 heterocycles. The van der Waals surface area contributed by atoms with E-state index in [0.29, 0.717) is 6.42 Å². The lowest BCUT2D eigenvalue weighted by atomic mass is 9.94. The summed E-state index contributed by atoms with van der Waals surface area (Å²) in [5.41, 5.74) is 1.45. The number of aryl methyl sites for hydroxylation is 2. The maximum absolute atomic E-state index is 12.2. The number of hydrogen-bond acceptors (Lipinski definition) is 4. The van der Waals surface area contributed by atoms with E-state index in [1.807, 2.05) is 20.8 Å². The molecule has 0 aliphatic carbocycles. The second-order valence-corrected chi connectivity index (χ2v) is 4.73. The largest absolute Gasteiger partial charge is 0.378 e. The molecular formula is C13H20N2O3. The van der Waals surface area contributed by atoms with Crippen molar-refractivity contribution < 1.29 is 14.1 Å². The molecule has 0 spiro atoms. The van der Waals surface area contributed by atoms with Gasteiger partial charge in [-0.15, -0.1) is 0 Å². The highest BCUT2D eigenvalue weighted by Gasteiger charge is 2.29. The molecule has 0 bridgehead atoms. The zero-order chi connectivity index (χ0) is 13.1. The Morgan fingerprint density at radius 3 is 3.00 bits per heavy atom. The van der Waals surface area contributed by atoms with E-state index in [4.69, 9.17) is 9.26 Å². The number of ether oxygens (including phenoxy) is 1. The van der Waals surface area contributed by atoms with Gasteiger partial charge in [0.2, 0.25) is 5.91 Å². The number of hydrogen-bond donors (Lipinski definition) is 1. The van der Waals surface area contributed by atoms with Gasteiger partial charge in [0.15, 0.2) is 5.76 Å². The van der Waals surface area contributed by atoms with Crippen LogP contribution in [0.1, 0.15) is 38.1 Å². The third kappa shape index (κ3) is 2.56. The van der Waals surface area contributed by atoms with Crippen LogP contribution in [-0.4, -0.2) is 23.8 Å². The summed E-state index contributed by atoms with van der Waals surface area (Å²) < 4.78 is 10.7. The number of nitrogens with zero attached hydrogens (tertiary/aromatic N) is 1. The van der Waals surface area contributed by atoms with Gasteiger partial charge in [0.05, 0.1) is 12.0 Å². The third-order valence-corrected chi connectivity index (χ3v) is 3.45. The summed E-state index contributed by atoms with van der Waals surface area (Å²) in [6.07, 6.45) is 2.50. The first-order valence-electron chi connectivity index (χ1n) is 6.51. The molecule has 1 aliphatic rings.